The summed E-state index contributed by atoms with van der Waals surface area (Å²) in [5.74, 6) is 0.430. The zero-order chi connectivity index (χ0) is 18.9. The molecule has 27 heavy (non-hydrogen) atoms. The standard InChI is InChI=1S/C20H20FN3O2S/c21-16-10-8-15(9-11-16)14-27(25,26)23-18-6-2-1-5-17(18)19-13-24-12-4-3-7-20(24)22-19/h1-2,5-6,8-11,13,23H,3-4,7,12,14H2. The van der Waals surface area contributed by atoms with Gasteiger partial charge in [0, 0.05) is 24.7 Å². The molecule has 140 valence electrons. The first-order valence-electron chi connectivity index (χ1n) is 8.90. The van der Waals surface area contributed by atoms with Gasteiger partial charge in [-0.05, 0) is 36.6 Å². The fraction of sp³-hybridized carbons (Fsp3) is 0.250. The van der Waals surface area contributed by atoms with Gasteiger partial charge in [-0.25, -0.2) is 17.8 Å². The highest BCUT2D eigenvalue weighted by Gasteiger charge is 2.18. The Hall–Kier alpha value is -2.67. The Kier molecular flexibility index (Phi) is 4.70. The zero-order valence-electron chi connectivity index (χ0n) is 14.7. The average Bonchev–Trinajstić information content (AvgIpc) is 3.07. The van der Waals surface area contributed by atoms with E-state index in [1.807, 2.05) is 18.3 Å². The molecule has 0 saturated heterocycles. The first-order chi connectivity index (χ1) is 13.0. The van der Waals surface area contributed by atoms with E-state index >= 15 is 0 Å². The van der Waals surface area contributed by atoms with Crippen molar-refractivity contribution in [3.8, 4) is 11.3 Å². The van der Waals surface area contributed by atoms with Gasteiger partial charge in [0.05, 0.1) is 17.1 Å². The fourth-order valence-electron chi connectivity index (χ4n) is 3.34. The van der Waals surface area contributed by atoms with Crippen molar-refractivity contribution >= 4 is 15.7 Å². The summed E-state index contributed by atoms with van der Waals surface area (Å²) in [5.41, 5.74) is 2.54. The van der Waals surface area contributed by atoms with Gasteiger partial charge in [0.25, 0.3) is 0 Å². The average molecular weight is 385 g/mol. The zero-order valence-corrected chi connectivity index (χ0v) is 15.5. The number of nitrogens with zero attached hydrogens (tertiary/aromatic N) is 2. The summed E-state index contributed by atoms with van der Waals surface area (Å²) in [6, 6.07) is 12.7. The molecule has 3 aromatic rings. The number of para-hydroxylation sites is 1. The quantitative estimate of drug-likeness (QED) is 0.723. The van der Waals surface area contributed by atoms with Gasteiger partial charge in [0.2, 0.25) is 10.0 Å². The number of hydrogen-bond acceptors (Lipinski definition) is 3. The van der Waals surface area contributed by atoms with E-state index in [2.05, 4.69) is 9.29 Å². The molecular weight excluding hydrogens is 365 g/mol. The lowest BCUT2D eigenvalue weighted by Crippen LogP contribution is -2.15. The topological polar surface area (TPSA) is 64.0 Å². The predicted octanol–water partition coefficient (Wildman–Crippen LogP) is 3.97. The Morgan fingerprint density at radius 2 is 1.85 bits per heavy atom. The Bertz CT molecular complexity index is 1040. The molecule has 0 unspecified atom stereocenters. The van der Waals surface area contributed by atoms with Crippen LogP contribution in [0.3, 0.4) is 0 Å². The Labute approximate surface area is 157 Å². The van der Waals surface area contributed by atoms with Gasteiger partial charge in [-0.15, -0.1) is 0 Å². The van der Waals surface area contributed by atoms with Crippen LogP contribution in [-0.4, -0.2) is 18.0 Å². The highest BCUT2D eigenvalue weighted by molar-refractivity contribution is 7.91. The number of hydrogen-bond donors (Lipinski definition) is 1. The Morgan fingerprint density at radius 1 is 1.07 bits per heavy atom. The van der Waals surface area contributed by atoms with Crippen LogP contribution in [0.1, 0.15) is 24.2 Å². The third kappa shape index (κ3) is 4.03. The van der Waals surface area contributed by atoms with E-state index in [1.54, 1.807) is 12.1 Å². The van der Waals surface area contributed by atoms with E-state index in [1.165, 1.54) is 24.3 Å². The SMILES string of the molecule is O=S(=O)(Cc1ccc(F)cc1)Nc1ccccc1-c1cn2c(n1)CCCC2. The number of aryl methyl sites for hydroxylation is 2. The highest BCUT2D eigenvalue weighted by atomic mass is 32.2. The molecule has 2 aromatic carbocycles. The largest absolute Gasteiger partial charge is 0.334 e. The number of imidazole rings is 1. The van der Waals surface area contributed by atoms with Gasteiger partial charge >= 0.3 is 0 Å². The Balaban J connectivity index is 1.61. The van der Waals surface area contributed by atoms with Crippen molar-refractivity contribution in [2.75, 3.05) is 4.72 Å². The van der Waals surface area contributed by atoms with E-state index in [0.717, 1.165) is 42.9 Å². The summed E-state index contributed by atoms with van der Waals surface area (Å²) in [6.45, 7) is 0.945. The summed E-state index contributed by atoms with van der Waals surface area (Å²) in [5, 5.41) is 0. The van der Waals surface area contributed by atoms with Crippen LogP contribution in [0.2, 0.25) is 0 Å². The molecule has 1 aromatic heterocycles. The van der Waals surface area contributed by atoms with Crippen LogP contribution in [0, 0.1) is 5.82 Å². The second-order valence-corrected chi connectivity index (χ2v) is 8.45. The van der Waals surface area contributed by atoms with Crippen molar-refractivity contribution in [3.05, 3.63) is 71.9 Å². The number of aromatic nitrogens is 2. The van der Waals surface area contributed by atoms with E-state index in [9.17, 15) is 12.8 Å². The number of anilines is 1. The molecule has 5 nitrogen and oxygen atoms in total. The fourth-order valence-corrected chi connectivity index (χ4v) is 4.56. The molecule has 1 N–H and O–H groups in total. The summed E-state index contributed by atoms with van der Waals surface area (Å²) in [7, 11) is -3.64. The second-order valence-electron chi connectivity index (χ2n) is 6.73. The van der Waals surface area contributed by atoms with Crippen LogP contribution in [-0.2, 0) is 28.7 Å². The van der Waals surface area contributed by atoms with Crippen LogP contribution < -0.4 is 4.72 Å². The molecule has 0 fully saturated rings. The number of sulfonamides is 1. The smallest absolute Gasteiger partial charge is 0.236 e. The lowest BCUT2D eigenvalue weighted by atomic mass is 10.1. The second kappa shape index (κ2) is 7.15. The molecule has 0 radical (unpaired) electrons. The maximum atomic E-state index is 13.0. The maximum Gasteiger partial charge on any atom is 0.236 e. The van der Waals surface area contributed by atoms with E-state index in [-0.39, 0.29) is 5.75 Å². The number of rotatable bonds is 5. The first-order valence-corrected chi connectivity index (χ1v) is 10.6. The van der Waals surface area contributed by atoms with Crippen molar-refractivity contribution < 1.29 is 12.8 Å². The van der Waals surface area contributed by atoms with Crippen molar-refractivity contribution in [1.29, 1.82) is 0 Å². The van der Waals surface area contributed by atoms with Crippen LogP contribution in [0.5, 0.6) is 0 Å². The van der Waals surface area contributed by atoms with E-state index < -0.39 is 15.8 Å². The molecule has 0 bridgehead atoms. The Morgan fingerprint density at radius 3 is 2.63 bits per heavy atom. The van der Waals surface area contributed by atoms with Crippen molar-refractivity contribution in [2.45, 2.75) is 31.6 Å². The minimum Gasteiger partial charge on any atom is -0.334 e. The van der Waals surface area contributed by atoms with Crippen molar-refractivity contribution in [1.82, 2.24) is 9.55 Å². The van der Waals surface area contributed by atoms with Crippen LogP contribution in [0.4, 0.5) is 10.1 Å². The number of benzene rings is 2. The van der Waals surface area contributed by atoms with Crippen LogP contribution in [0.15, 0.2) is 54.7 Å². The molecule has 0 aliphatic carbocycles. The molecule has 0 saturated carbocycles. The molecule has 0 atom stereocenters. The lowest BCUT2D eigenvalue weighted by Gasteiger charge is -2.12. The maximum absolute atomic E-state index is 13.0. The molecule has 0 spiro atoms. The van der Waals surface area contributed by atoms with Gasteiger partial charge in [0.15, 0.2) is 0 Å². The van der Waals surface area contributed by atoms with Crippen LogP contribution in [0.25, 0.3) is 11.3 Å². The molecular formula is C20H20FN3O2S. The minimum atomic E-state index is -3.64. The van der Waals surface area contributed by atoms with Gasteiger partial charge in [-0.3, -0.25) is 4.72 Å². The van der Waals surface area contributed by atoms with Gasteiger partial charge in [-0.1, -0.05) is 30.3 Å². The molecule has 1 aliphatic rings. The minimum absolute atomic E-state index is 0.221. The highest BCUT2D eigenvalue weighted by Crippen LogP contribution is 2.30. The molecule has 0 amide bonds. The van der Waals surface area contributed by atoms with Crippen molar-refractivity contribution in [3.63, 3.8) is 0 Å². The number of halogens is 1. The number of nitrogens with one attached hydrogen (secondary N) is 1. The van der Waals surface area contributed by atoms with Gasteiger partial charge in [-0.2, -0.15) is 0 Å². The molecule has 7 heteroatoms. The monoisotopic (exact) mass is 385 g/mol. The van der Waals surface area contributed by atoms with Crippen LogP contribution >= 0.6 is 0 Å². The normalized spacial score (nSPS) is 14.0. The summed E-state index contributed by atoms with van der Waals surface area (Å²) in [6.07, 6.45) is 5.19. The third-order valence-corrected chi connectivity index (χ3v) is 5.89. The first kappa shape index (κ1) is 17.7. The lowest BCUT2D eigenvalue weighted by molar-refractivity contribution is 0.522. The number of fused-ring (bicyclic) bond motifs is 1. The molecule has 4 rings (SSSR count). The summed E-state index contributed by atoms with van der Waals surface area (Å²) >= 11 is 0. The third-order valence-electron chi connectivity index (χ3n) is 4.65. The predicted molar refractivity (Wildman–Crippen MR) is 103 cm³/mol. The van der Waals surface area contributed by atoms with Gasteiger partial charge < -0.3 is 4.57 Å². The molecule has 2 heterocycles. The van der Waals surface area contributed by atoms with E-state index in [0.29, 0.717) is 11.3 Å². The van der Waals surface area contributed by atoms with E-state index in [4.69, 9.17) is 4.98 Å². The summed E-state index contributed by atoms with van der Waals surface area (Å²) in [4.78, 5) is 4.69. The van der Waals surface area contributed by atoms with Crippen molar-refractivity contribution in [2.24, 2.45) is 0 Å². The van der Waals surface area contributed by atoms with Gasteiger partial charge in [0.1, 0.15) is 11.6 Å². The molecule has 1 aliphatic heterocycles. The summed E-state index contributed by atoms with van der Waals surface area (Å²) < 4.78 is 43.0.